The Hall–Kier alpha value is -1.51. The Balaban J connectivity index is 0.00000338. The molecule has 7 heteroatoms. The van der Waals surface area contributed by atoms with Crippen molar-refractivity contribution in [1.82, 2.24) is 10.2 Å². The van der Waals surface area contributed by atoms with Gasteiger partial charge in [-0.2, -0.15) is 0 Å². The number of furan rings is 1. The van der Waals surface area contributed by atoms with Crippen molar-refractivity contribution >= 4 is 35.9 Å². The lowest BCUT2D eigenvalue weighted by atomic mass is 9.97. The zero-order valence-electron chi connectivity index (χ0n) is 15.7. The van der Waals surface area contributed by atoms with Crippen molar-refractivity contribution in [1.29, 1.82) is 0 Å². The molecule has 0 unspecified atom stereocenters. The van der Waals surface area contributed by atoms with Crippen LogP contribution in [0.2, 0.25) is 0 Å². The van der Waals surface area contributed by atoms with Gasteiger partial charge < -0.3 is 19.4 Å². The van der Waals surface area contributed by atoms with E-state index in [1.807, 2.05) is 26.0 Å². The largest absolute Gasteiger partial charge is 0.469 e. The van der Waals surface area contributed by atoms with Crippen LogP contribution in [-0.2, 0) is 16.0 Å². The van der Waals surface area contributed by atoms with Gasteiger partial charge in [-0.15, -0.1) is 24.0 Å². The predicted octanol–water partition coefficient (Wildman–Crippen LogP) is 3.24. The number of carbonyl (C=O) groups excluding carboxylic acids is 1. The van der Waals surface area contributed by atoms with Crippen LogP contribution < -0.4 is 5.32 Å². The first-order valence-electron chi connectivity index (χ1n) is 8.96. The summed E-state index contributed by atoms with van der Waals surface area (Å²) in [5.41, 5.74) is 1.02. The summed E-state index contributed by atoms with van der Waals surface area (Å²) in [5.74, 6) is 1.75. The zero-order chi connectivity index (χ0) is 18.1. The van der Waals surface area contributed by atoms with Crippen molar-refractivity contribution in [3.05, 3.63) is 36.3 Å². The third-order valence-corrected chi connectivity index (χ3v) is 4.15. The molecule has 0 aromatic carbocycles. The molecule has 0 bridgehead atoms. The Morgan fingerprint density at radius 2 is 2.19 bits per heavy atom. The first kappa shape index (κ1) is 22.5. The van der Waals surface area contributed by atoms with E-state index in [0.717, 1.165) is 56.2 Å². The third-order valence-electron chi connectivity index (χ3n) is 4.15. The van der Waals surface area contributed by atoms with Crippen LogP contribution in [0.4, 0.5) is 0 Å². The quantitative estimate of drug-likeness (QED) is 0.216. The summed E-state index contributed by atoms with van der Waals surface area (Å²) in [5, 5.41) is 3.41. The van der Waals surface area contributed by atoms with Crippen molar-refractivity contribution in [2.75, 3.05) is 32.8 Å². The van der Waals surface area contributed by atoms with Gasteiger partial charge in [-0.05, 0) is 38.8 Å². The number of carbonyl (C=O) groups is 1. The summed E-state index contributed by atoms with van der Waals surface area (Å²) in [6, 6.07) is 3.86. The standard InChI is InChI=1S/C19H29N3O3.HI/c1-4-24-18(23)16-8-11-22(12-9-16)19(21-14-15(2)3)20-10-7-17-6-5-13-25-17;/h5-6,13,16H,2,4,7-12,14H2,1,3H3,(H,20,21);1H. The highest BCUT2D eigenvalue weighted by atomic mass is 127. The second kappa shape index (κ2) is 12.0. The van der Waals surface area contributed by atoms with Crippen LogP contribution in [0.3, 0.4) is 0 Å². The van der Waals surface area contributed by atoms with Crippen molar-refractivity contribution < 1.29 is 13.9 Å². The van der Waals surface area contributed by atoms with E-state index in [1.165, 1.54) is 0 Å². The Kier molecular flexibility index (Phi) is 10.4. The molecule has 1 saturated heterocycles. The molecule has 0 radical (unpaired) electrons. The normalized spacial score (nSPS) is 15.3. The second-order valence-corrected chi connectivity index (χ2v) is 6.37. The van der Waals surface area contributed by atoms with Gasteiger partial charge in [-0.1, -0.05) is 12.2 Å². The van der Waals surface area contributed by atoms with Gasteiger partial charge in [0, 0.05) is 26.1 Å². The molecule has 6 nitrogen and oxygen atoms in total. The zero-order valence-corrected chi connectivity index (χ0v) is 18.0. The van der Waals surface area contributed by atoms with Gasteiger partial charge >= 0.3 is 5.97 Å². The molecular weight excluding hydrogens is 445 g/mol. The van der Waals surface area contributed by atoms with Crippen LogP contribution in [0.5, 0.6) is 0 Å². The summed E-state index contributed by atoms with van der Waals surface area (Å²) in [6.45, 7) is 11.1. The predicted molar refractivity (Wildman–Crippen MR) is 114 cm³/mol. The number of rotatable bonds is 7. The lowest BCUT2D eigenvalue weighted by Gasteiger charge is -2.33. The molecule has 1 fully saturated rings. The van der Waals surface area contributed by atoms with Crippen LogP contribution in [-0.4, -0.2) is 49.6 Å². The van der Waals surface area contributed by atoms with Gasteiger partial charge in [0.05, 0.1) is 25.3 Å². The highest BCUT2D eigenvalue weighted by molar-refractivity contribution is 14.0. The fourth-order valence-electron chi connectivity index (χ4n) is 2.82. The third kappa shape index (κ3) is 7.39. The van der Waals surface area contributed by atoms with E-state index in [9.17, 15) is 4.79 Å². The number of aliphatic imine (C=N–C) groups is 1. The van der Waals surface area contributed by atoms with E-state index in [2.05, 4.69) is 21.8 Å². The monoisotopic (exact) mass is 475 g/mol. The molecule has 26 heavy (non-hydrogen) atoms. The first-order chi connectivity index (χ1) is 12.1. The molecule has 0 atom stereocenters. The van der Waals surface area contributed by atoms with Gasteiger partial charge in [0.2, 0.25) is 0 Å². The van der Waals surface area contributed by atoms with E-state index < -0.39 is 0 Å². The number of piperidine rings is 1. The minimum Gasteiger partial charge on any atom is -0.469 e. The minimum absolute atomic E-state index is 0. The summed E-state index contributed by atoms with van der Waals surface area (Å²) in [7, 11) is 0. The Morgan fingerprint density at radius 1 is 1.46 bits per heavy atom. The van der Waals surface area contributed by atoms with Gasteiger partial charge in [0.15, 0.2) is 5.96 Å². The molecule has 1 aromatic rings. The molecule has 0 aliphatic carbocycles. The maximum Gasteiger partial charge on any atom is 0.309 e. The fourth-order valence-corrected chi connectivity index (χ4v) is 2.82. The van der Waals surface area contributed by atoms with Gasteiger partial charge in [0.25, 0.3) is 0 Å². The summed E-state index contributed by atoms with van der Waals surface area (Å²) >= 11 is 0. The number of ether oxygens (including phenoxy) is 1. The number of nitrogens with zero attached hydrogens (tertiary/aromatic N) is 2. The Labute approximate surface area is 173 Å². The van der Waals surface area contributed by atoms with Crippen molar-refractivity contribution in [3.8, 4) is 0 Å². The molecule has 2 rings (SSSR count). The number of hydrogen-bond donors (Lipinski definition) is 1. The lowest BCUT2D eigenvalue weighted by Crippen LogP contribution is -2.47. The van der Waals surface area contributed by atoms with Gasteiger partial charge in [-0.3, -0.25) is 4.79 Å². The maximum atomic E-state index is 11.9. The van der Waals surface area contributed by atoms with E-state index in [-0.39, 0.29) is 35.9 Å². The average Bonchev–Trinajstić information content (AvgIpc) is 3.11. The topological polar surface area (TPSA) is 67.1 Å². The fraction of sp³-hybridized carbons (Fsp3) is 0.579. The molecular formula is C19H30IN3O3. The molecule has 0 spiro atoms. The molecule has 1 aliphatic heterocycles. The highest BCUT2D eigenvalue weighted by Crippen LogP contribution is 2.19. The molecule has 0 amide bonds. The van der Waals surface area contributed by atoms with E-state index >= 15 is 0 Å². The smallest absolute Gasteiger partial charge is 0.309 e. The molecule has 1 N–H and O–H groups in total. The summed E-state index contributed by atoms with van der Waals surface area (Å²) < 4.78 is 10.5. The van der Waals surface area contributed by atoms with Crippen molar-refractivity contribution in [3.63, 3.8) is 0 Å². The SMILES string of the molecule is C=C(C)CN=C(NCCc1ccco1)N1CCC(C(=O)OCC)CC1.I. The average molecular weight is 475 g/mol. The van der Waals surface area contributed by atoms with Crippen LogP contribution in [0.25, 0.3) is 0 Å². The number of likely N-dealkylation sites (tertiary alicyclic amines) is 1. The van der Waals surface area contributed by atoms with E-state index in [4.69, 9.17) is 9.15 Å². The lowest BCUT2D eigenvalue weighted by molar-refractivity contribution is -0.149. The molecule has 146 valence electrons. The number of esters is 1. The highest BCUT2D eigenvalue weighted by Gasteiger charge is 2.27. The molecule has 2 heterocycles. The molecule has 1 aliphatic rings. The molecule has 1 aromatic heterocycles. The minimum atomic E-state index is -0.0756. The van der Waals surface area contributed by atoms with Crippen LogP contribution >= 0.6 is 24.0 Å². The van der Waals surface area contributed by atoms with Gasteiger partial charge in [-0.25, -0.2) is 4.99 Å². The van der Waals surface area contributed by atoms with E-state index in [1.54, 1.807) is 6.26 Å². The number of hydrogen-bond acceptors (Lipinski definition) is 4. The van der Waals surface area contributed by atoms with Crippen LogP contribution in [0, 0.1) is 5.92 Å². The summed E-state index contributed by atoms with van der Waals surface area (Å²) in [4.78, 5) is 18.8. The number of guanidine groups is 1. The second-order valence-electron chi connectivity index (χ2n) is 6.37. The van der Waals surface area contributed by atoms with Crippen LogP contribution in [0.15, 0.2) is 40.0 Å². The molecule has 0 saturated carbocycles. The van der Waals surface area contributed by atoms with E-state index in [0.29, 0.717) is 13.2 Å². The number of halogens is 1. The van der Waals surface area contributed by atoms with Crippen molar-refractivity contribution in [2.45, 2.75) is 33.1 Å². The number of nitrogens with one attached hydrogen (secondary N) is 1. The first-order valence-corrected chi connectivity index (χ1v) is 8.96. The van der Waals surface area contributed by atoms with Crippen LogP contribution in [0.1, 0.15) is 32.4 Å². The summed E-state index contributed by atoms with van der Waals surface area (Å²) in [6.07, 6.45) is 4.08. The van der Waals surface area contributed by atoms with Gasteiger partial charge in [0.1, 0.15) is 5.76 Å². The van der Waals surface area contributed by atoms with Crippen molar-refractivity contribution in [2.24, 2.45) is 10.9 Å². The Bertz CT molecular complexity index is 579. The Morgan fingerprint density at radius 3 is 2.77 bits per heavy atom. The maximum absolute atomic E-state index is 11.9.